The highest BCUT2D eigenvalue weighted by Gasteiger charge is 2.10. The number of benzene rings is 1. The molecule has 3 N–H and O–H groups in total. The second-order valence-electron chi connectivity index (χ2n) is 5.44. The maximum Gasteiger partial charge on any atom is 0.130 e. The normalized spacial score (nSPS) is 12.6. The van der Waals surface area contributed by atoms with Crippen LogP contribution in [0.3, 0.4) is 0 Å². The SMILES string of the molecule is Cc1[nH]nc2cccc(OC[C@@H](O)CCCc3ccn[nH]3)c12. The molecule has 0 bridgehead atoms. The molecule has 0 saturated heterocycles. The second kappa shape index (κ2) is 6.62. The summed E-state index contributed by atoms with van der Waals surface area (Å²) in [6.07, 6.45) is 3.72. The monoisotopic (exact) mass is 300 g/mol. The lowest BCUT2D eigenvalue weighted by atomic mass is 10.1. The van der Waals surface area contributed by atoms with E-state index in [-0.39, 0.29) is 6.61 Å². The topological polar surface area (TPSA) is 86.8 Å². The van der Waals surface area contributed by atoms with Crippen molar-refractivity contribution in [1.82, 2.24) is 20.4 Å². The molecule has 0 amide bonds. The summed E-state index contributed by atoms with van der Waals surface area (Å²) in [4.78, 5) is 0. The highest BCUT2D eigenvalue weighted by atomic mass is 16.5. The van der Waals surface area contributed by atoms with Gasteiger partial charge in [0.1, 0.15) is 12.4 Å². The number of hydrogen-bond donors (Lipinski definition) is 3. The third kappa shape index (κ3) is 3.28. The first-order valence-electron chi connectivity index (χ1n) is 7.47. The summed E-state index contributed by atoms with van der Waals surface area (Å²) in [5, 5.41) is 25.0. The van der Waals surface area contributed by atoms with E-state index in [0.29, 0.717) is 6.42 Å². The zero-order chi connectivity index (χ0) is 15.4. The molecule has 0 fully saturated rings. The van der Waals surface area contributed by atoms with Crippen LogP contribution in [0.15, 0.2) is 30.5 Å². The number of rotatable bonds is 7. The van der Waals surface area contributed by atoms with Gasteiger partial charge in [-0.15, -0.1) is 0 Å². The van der Waals surface area contributed by atoms with Gasteiger partial charge in [-0.25, -0.2) is 0 Å². The first kappa shape index (κ1) is 14.6. The van der Waals surface area contributed by atoms with Crippen LogP contribution in [0.5, 0.6) is 5.75 Å². The molecule has 0 aliphatic carbocycles. The van der Waals surface area contributed by atoms with Gasteiger partial charge in [0.2, 0.25) is 0 Å². The fourth-order valence-corrected chi connectivity index (χ4v) is 2.53. The van der Waals surface area contributed by atoms with Gasteiger partial charge in [-0.2, -0.15) is 10.2 Å². The van der Waals surface area contributed by atoms with Gasteiger partial charge in [0.15, 0.2) is 0 Å². The number of aryl methyl sites for hydroxylation is 2. The quantitative estimate of drug-likeness (QED) is 0.625. The number of nitrogens with one attached hydrogen (secondary N) is 2. The Labute approximate surface area is 128 Å². The Bertz CT molecular complexity index is 721. The predicted octanol–water partition coefficient (Wildman–Crippen LogP) is 2.36. The average molecular weight is 300 g/mol. The van der Waals surface area contributed by atoms with Gasteiger partial charge in [0.25, 0.3) is 0 Å². The Hall–Kier alpha value is -2.34. The fourth-order valence-electron chi connectivity index (χ4n) is 2.53. The van der Waals surface area contributed by atoms with Gasteiger partial charge in [0, 0.05) is 17.6 Å². The molecule has 1 aromatic carbocycles. The third-order valence-electron chi connectivity index (χ3n) is 3.70. The summed E-state index contributed by atoms with van der Waals surface area (Å²) in [6.45, 7) is 2.25. The predicted molar refractivity (Wildman–Crippen MR) is 83.9 cm³/mol. The van der Waals surface area contributed by atoms with Crippen LogP contribution in [0.1, 0.15) is 24.2 Å². The molecule has 2 aromatic heterocycles. The van der Waals surface area contributed by atoms with Crippen molar-refractivity contribution in [3.63, 3.8) is 0 Å². The maximum absolute atomic E-state index is 10.1. The lowest BCUT2D eigenvalue weighted by Crippen LogP contribution is -2.17. The zero-order valence-corrected chi connectivity index (χ0v) is 12.5. The van der Waals surface area contributed by atoms with Crippen molar-refractivity contribution >= 4 is 10.9 Å². The number of H-pyrrole nitrogens is 2. The van der Waals surface area contributed by atoms with Crippen molar-refractivity contribution in [2.45, 2.75) is 32.3 Å². The molecular formula is C16H20N4O2. The summed E-state index contributed by atoms with van der Waals surface area (Å²) < 4.78 is 5.78. The van der Waals surface area contributed by atoms with E-state index < -0.39 is 6.10 Å². The first-order valence-corrected chi connectivity index (χ1v) is 7.47. The van der Waals surface area contributed by atoms with E-state index in [9.17, 15) is 5.11 Å². The Kier molecular flexibility index (Phi) is 4.39. The molecule has 116 valence electrons. The Balaban J connectivity index is 1.51. The molecule has 0 saturated carbocycles. The molecule has 0 radical (unpaired) electrons. The molecule has 0 aliphatic rings. The minimum Gasteiger partial charge on any atom is -0.490 e. The Morgan fingerprint density at radius 1 is 1.27 bits per heavy atom. The van der Waals surface area contributed by atoms with E-state index in [4.69, 9.17) is 4.74 Å². The van der Waals surface area contributed by atoms with Gasteiger partial charge in [-0.3, -0.25) is 10.2 Å². The maximum atomic E-state index is 10.1. The van der Waals surface area contributed by atoms with Gasteiger partial charge in [-0.05, 0) is 44.4 Å². The average Bonchev–Trinajstić information content (AvgIpc) is 3.16. The van der Waals surface area contributed by atoms with Crippen molar-refractivity contribution in [3.05, 3.63) is 41.9 Å². The zero-order valence-electron chi connectivity index (χ0n) is 12.5. The molecule has 0 aliphatic heterocycles. The molecule has 0 unspecified atom stereocenters. The number of ether oxygens (including phenoxy) is 1. The number of aromatic nitrogens is 4. The van der Waals surface area contributed by atoms with E-state index in [1.165, 1.54) is 0 Å². The molecule has 2 heterocycles. The van der Waals surface area contributed by atoms with Crippen LogP contribution in [0.4, 0.5) is 0 Å². The van der Waals surface area contributed by atoms with E-state index >= 15 is 0 Å². The van der Waals surface area contributed by atoms with Crippen LogP contribution in [-0.2, 0) is 6.42 Å². The molecule has 0 spiro atoms. The molecular weight excluding hydrogens is 280 g/mol. The van der Waals surface area contributed by atoms with Crippen LogP contribution >= 0.6 is 0 Å². The largest absolute Gasteiger partial charge is 0.490 e. The van der Waals surface area contributed by atoms with Crippen LogP contribution in [0, 0.1) is 6.92 Å². The highest BCUT2D eigenvalue weighted by Crippen LogP contribution is 2.26. The number of aliphatic hydroxyl groups is 1. The van der Waals surface area contributed by atoms with E-state index in [2.05, 4.69) is 20.4 Å². The number of aromatic amines is 2. The minimum atomic E-state index is -0.481. The first-order chi connectivity index (χ1) is 10.7. The van der Waals surface area contributed by atoms with Crippen molar-refractivity contribution in [3.8, 4) is 5.75 Å². The summed E-state index contributed by atoms with van der Waals surface area (Å²) >= 11 is 0. The van der Waals surface area contributed by atoms with Crippen molar-refractivity contribution in [2.24, 2.45) is 0 Å². The fraction of sp³-hybridized carbons (Fsp3) is 0.375. The van der Waals surface area contributed by atoms with E-state index in [1.54, 1.807) is 6.20 Å². The lowest BCUT2D eigenvalue weighted by Gasteiger charge is -2.13. The molecule has 1 atom stereocenters. The standard InChI is InChI=1S/C16H20N4O2/c1-11-16-14(20-18-11)6-3-7-15(16)22-10-13(21)5-2-4-12-8-9-17-19-12/h3,6-9,13,21H,2,4-5,10H2,1H3,(H,17,19)(H,18,20)/t13-/m0/s1. The van der Waals surface area contributed by atoms with Crippen molar-refractivity contribution in [2.75, 3.05) is 6.61 Å². The van der Waals surface area contributed by atoms with Crippen LogP contribution < -0.4 is 4.74 Å². The van der Waals surface area contributed by atoms with Crippen molar-refractivity contribution in [1.29, 1.82) is 0 Å². The van der Waals surface area contributed by atoms with Crippen LogP contribution in [0.25, 0.3) is 10.9 Å². The minimum absolute atomic E-state index is 0.284. The van der Waals surface area contributed by atoms with Gasteiger partial charge in [-0.1, -0.05) is 6.07 Å². The molecule has 3 aromatic rings. The summed E-state index contributed by atoms with van der Waals surface area (Å²) in [6, 6.07) is 7.70. The molecule has 22 heavy (non-hydrogen) atoms. The highest BCUT2D eigenvalue weighted by molar-refractivity contribution is 5.87. The van der Waals surface area contributed by atoms with Crippen LogP contribution in [0.2, 0.25) is 0 Å². The number of hydrogen-bond acceptors (Lipinski definition) is 4. The number of fused-ring (bicyclic) bond motifs is 1. The summed E-state index contributed by atoms with van der Waals surface area (Å²) in [5.41, 5.74) is 2.94. The molecule has 3 rings (SSSR count). The van der Waals surface area contributed by atoms with Crippen LogP contribution in [-0.4, -0.2) is 38.2 Å². The lowest BCUT2D eigenvalue weighted by molar-refractivity contribution is 0.0989. The van der Waals surface area contributed by atoms with Crippen molar-refractivity contribution < 1.29 is 9.84 Å². The second-order valence-corrected chi connectivity index (χ2v) is 5.44. The molecule has 6 heteroatoms. The smallest absolute Gasteiger partial charge is 0.130 e. The van der Waals surface area contributed by atoms with Gasteiger partial charge < -0.3 is 9.84 Å². The summed E-state index contributed by atoms with van der Waals surface area (Å²) in [7, 11) is 0. The number of nitrogens with zero attached hydrogens (tertiary/aromatic N) is 2. The van der Waals surface area contributed by atoms with E-state index in [1.807, 2.05) is 31.2 Å². The summed E-state index contributed by atoms with van der Waals surface area (Å²) in [5.74, 6) is 0.761. The molecule has 6 nitrogen and oxygen atoms in total. The third-order valence-corrected chi connectivity index (χ3v) is 3.70. The van der Waals surface area contributed by atoms with Gasteiger partial charge >= 0.3 is 0 Å². The van der Waals surface area contributed by atoms with E-state index in [0.717, 1.165) is 40.9 Å². The number of aliphatic hydroxyl groups excluding tert-OH is 1. The van der Waals surface area contributed by atoms with Gasteiger partial charge in [0.05, 0.1) is 17.0 Å². The Morgan fingerprint density at radius 2 is 2.18 bits per heavy atom. The Morgan fingerprint density at radius 3 is 3.00 bits per heavy atom.